The minimum absolute atomic E-state index is 0.106. The van der Waals surface area contributed by atoms with Crippen molar-refractivity contribution in [3.8, 4) is 5.75 Å². The van der Waals surface area contributed by atoms with Crippen molar-refractivity contribution in [2.45, 2.75) is 72.6 Å². The molecule has 3 aliphatic rings. The monoisotopic (exact) mass is 616 g/mol. The van der Waals surface area contributed by atoms with Crippen molar-refractivity contribution < 1.29 is 19.1 Å². The SMILES string of the molecule is Cc1ccccc1NC(=O)COc1cccc(C2C3=C(CC(C)(C)CC3=O)N(CCc3ccccc3)C3=C2C(=O)CC(C)(C)C3)c1. The predicted octanol–water partition coefficient (Wildman–Crippen LogP) is 7.94. The normalized spacial score (nSPS) is 19.1. The number of carbonyl (C=O) groups is 3. The Bertz CT molecular complexity index is 1690. The second-order valence-corrected chi connectivity index (χ2v) is 14.6. The number of Topliss-reactive ketones (excluding diaryl/α,β-unsaturated/α-hetero) is 2. The lowest BCUT2D eigenvalue weighted by atomic mass is 9.63. The smallest absolute Gasteiger partial charge is 0.262 e. The second-order valence-electron chi connectivity index (χ2n) is 14.6. The van der Waals surface area contributed by atoms with Crippen molar-refractivity contribution >= 4 is 23.2 Å². The molecule has 0 fully saturated rings. The van der Waals surface area contributed by atoms with Gasteiger partial charge < -0.3 is 15.0 Å². The first-order chi connectivity index (χ1) is 21.9. The summed E-state index contributed by atoms with van der Waals surface area (Å²) in [5, 5.41) is 2.91. The summed E-state index contributed by atoms with van der Waals surface area (Å²) in [6.45, 7) is 11.1. The molecule has 2 aliphatic carbocycles. The minimum Gasteiger partial charge on any atom is -0.484 e. The Kier molecular flexibility index (Phi) is 8.49. The van der Waals surface area contributed by atoms with E-state index < -0.39 is 5.92 Å². The number of ketones is 2. The Morgan fingerprint density at radius 1 is 0.804 bits per heavy atom. The number of ether oxygens (including phenoxy) is 1. The van der Waals surface area contributed by atoms with Crippen molar-refractivity contribution in [3.05, 3.63) is 118 Å². The van der Waals surface area contributed by atoms with Crippen LogP contribution < -0.4 is 10.1 Å². The molecule has 0 atom stereocenters. The van der Waals surface area contributed by atoms with Crippen LogP contribution in [0.15, 0.2) is 101 Å². The van der Waals surface area contributed by atoms with Gasteiger partial charge in [-0.15, -0.1) is 0 Å². The highest BCUT2D eigenvalue weighted by Gasteiger charge is 2.48. The van der Waals surface area contributed by atoms with E-state index in [4.69, 9.17) is 4.74 Å². The number of para-hydroxylation sites is 1. The summed E-state index contributed by atoms with van der Waals surface area (Å²) >= 11 is 0. The molecule has 46 heavy (non-hydrogen) atoms. The molecule has 1 aliphatic heterocycles. The number of nitrogens with zero attached hydrogens (tertiary/aromatic N) is 1. The molecule has 0 unspecified atom stereocenters. The Morgan fingerprint density at radius 2 is 1.41 bits per heavy atom. The number of allylic oxidation sites excluding steroid dienone is 4. The Balaban J connectivity index is 1.37. The van der Waals surface area contributed by atoms with Crippen molar-refractivity contribution in [2.24, 2.45) is 10.8 Å². The first-order valence-electron chi connectivity index (χ1n) is 16.3. The summed E-state index contributed by atoms with van der Waals surface area (Å²) in [7, 11) is 0. The van der Waals surface area contributed by atoms with E-state index in [1.807, 2.05) is 61.5 Å². The van der Waals surface area contributed by atoms with Gasteiger partial charge in [-0.05, 0) is 71.9 Å². The van der Waals surface area contributed by atoms with Crippen LogP contribution in [-0.2, 0) is 20.8 Å². The van der Waals surface area contributed by atoms with Crippen molar-refractivity contribution in [3.63, 3.8) is 0 Å². The lowest BCUT2D eigenvalue weighted by Crippen LogP contribution is -2.45. The first-order valence-corrected chi connectivity index (χ1v) is 16.3. The zero-order valence-electron chi connectivity index (χ0n) is 27.6. The highest BCUT2D eigenvalue weighted by atomic mass is 16.5. The lowest BCUT2D eigenvalue weighted by molar-refractivity contribution is -0.120. The largest absolute Gasteiger partial charge is 0.484 e. The molecular weight excluding hydrogens is 572 g/mol. The number of nitrogens with one attached hydrogen (secondary N) is 1. The van der Waals surface area contributed by atoms with Crippen molar-refractivity contribution in [1.82, 2.24) is 4.90 Å². The van der Waals surface area contributed by atoms with Crippen LogP contribution in [0.25, 0.3) is 0 Å². The summed E-state index contributed by atoms with van der Waals surface area (Å²) in [6.07, 6.45) is 3.22. The number of rotatable bonds is 8. The fourth-order valence-electron chi connectivity index (χ4n) is 7.37. The van der Waals surface area contributed by atoms with E-state index >= 15 is 0 Å². The van der Waals surface area contributed by atoms with E-state index in [0.29, 0.717) is 25.1 Å². The molecule has 238 valence electrons. The molecule has 0 saturated heterocycles. The van der Waals surface area contributed by atoms with Crippen LogP contribution in [0.4, 0.5) is 5.69 Å². The number of hydrogen-bond donors (Lipinski definition) is 1. The van der Waals surface area contributed by atoms with Gasteiger partial charge in [-0.2, -0.15) is 0 Å². The zero-order chi connectivity index (χ0) is 32.6. The molecule has 0 aromatic heterocycles. The van der Waals surface area contributed by atoms with E-state index in [2.05, 4.69) is 62.2 Å². The maximum atomic E-state index is 14.2. The number of amides is 1. The first kappa shape index (κ1) is 31.5. The van der Waals surface area contributed by atoms with E-state index in [1.165, 1.54) is 5.56 Å². The molecule has 6 nitrogen and oxygen atoms in total. The van der Waals surface area contributed by atoms with Gasteiger partial charge in [-0.25, -0.2) is 0 Å². The molecule has 0 saturated carbocycles. The third kappa shape index (κ3) is 6.57. The number of anilines is 1. The van der Waals surface area contributed by atoms with E-state index in [0.717, 1.165) is 58.6 Å². The minimum atomic E-state index is -0.463. The fraction of sp³-hybridized carbons (Fsp3) is 0.375. The van der Waals surface area contributed by atoms with Gasteiger partial charge >= 0.3 is 0 Å². The van der Waals surface area contributed by atoms with Gasteiger partial charge in [0.1, 0.15) is 5.75 Å². The van der Waals surface area contributed by atoms with Crippen molar-refractivity contribution in [1.29, 1.82) is 0 Å². The van der Waals surface area contributed by atoms with Gasteiger partial charge in [0.15, 0.2) is 18.2 Å². The van der Waals surface area contributed by atoms with Gasteiger partial charge in [-0.3, -0.25) is 14.4 Å². The quantitative estimate of drug-likeness (QED) is 0.278. The van der Waals surface area contributed by atoms with Crippen LogP contribution in [0.1, 0.15) is 76.0 Å². The summed E-state index contributed by atoms with van der Waals surface area (Å²) in [5.74, 6) is 0.0221. The standard InChI is InChI=1S/C40H44N2O4/c1-26-12-9-10-17-30(26)41-35(45)25-46-29-16-11-15-28(20-29)36-37-31(21-39(2,3)23-33(37)43)42(19-18-27-13-7-6-8-14-27)32-22-40(4,5)24-34(44)38(32)36/h6-17,20,36H,18-19,21-25H2,1-5H3,(H,41,45). The fourth-order valence-corrected chi connectivity index (χ4v) is 7.37. The molecule has 6 heteroatoms. The van der Waals surface area contributed by atoms with Gasteiger partial charge in [0, 0.05) is 53.5 Å². The summed E-state index contributed by atoms with van der Waals surface area (Å²) in [4.78, 5) is 43.4. The van der Waals surface area contributed by atoms with Crippen LogP contribution in [0.2, 0.25) is 0 Å². The van der Waals surface area contributed by atoms with E-state index in [-0.39, 0.29) is 34.9 Å². The molecule has 0 spiro atoms. The highest BCUT2D eigenvalue weighted by molar-refractivity contribution is 6.06. The topological polar surface area (TPSA) is 75.7 Å². The second kappa shape index (κ2) is 12.4. The van der Waals surface area contributed by atoms with Gasteiger partial charge in [0.25, 0.3) is 5.91 Å². The van der Waals surface area contributed by atoms with Gasteiger partial charge in [0.2, 0.25) is 0 Å². The lowest BCUT2D eigenvalue weighted by Gasteiger charge is -2.49. The molecule has 1 N–H and O–H groups in total. The van der Waals surface area contributed by atoms with Crippen LogP contribution in [0.5, 0.6) is 5.75 Å². The Labute approximate surface area is 272 Å². The molecule has 3 aromatic rings. The number of carbonyl (C=O) groups excluding carboxylic acids is 3. The number of hydrogen-bond acceptors (Lipinski definition) is 5. The van der Waals surface area contributed by atoms with Crippen LogP contribution in [0.3, 0.4) is 0 Å². The maximum Gasteiger partial charge on any atom is 0.262 e. The molecular formula is C40H44N2O4. The Hall–Kier alpha value is -4.45. The van der Waals surface area contributed by atoms with Crippen LogP contribution in [-0.4, -0.2) is 35.5 Å². The third-order valence-corrected chi connectivity index (χ3v) is 9.47. The summed E-state index contributed by atoms with van der Waals surface area (Å²) < 4.78 is 5.99. The average molecular weight is 617 g/mol. The summed E-state index contributed by atoms with van der Waals surface area (Å²) in [5.41, 5.74) is 7.02. The van der Waals surface area contributed by atoms with Gasteiger partial charge in [-0.1, -0.05) is 88.4 Å². The van der Waals surface area contributed by atoms with Crippen LogP contribution >= 0.6 is 0 Å². The Morgan fingerprint density at radius 3 is 2.04 bits per heavy atom. The molecule has 0 bridgehead atoms. The molecule has 6 rings (SSSR count). The number of benzene rings is 3. The molecule has 1 amide bonds. The third-order valence-electron chi connectivity index (χ3n) is 9.47. The maximum absolute atomic E-state index is 14.2. The number of aryl methyl sites for hydroxylation is 1. The van der Waals surface area contributed by atoms with Crippen LogP contribution in [0, 0.1) is 17.8 Å². The van der Waals surface area contributed by atoms with Crippen molar-refractivity contribution in [2.75, 3.05) is 18.5 Å². The summed E-state index contributed by atoms with van der Waals surface area (Å²) in [6, 6.07) is 25.6. The van der Waals surface area contributed by atoms with E-state index in [1.54, 1.807) is 0 Å². The zero-order valence-corrected chi connectivity index (χ0v) is 27.6. The average Bonchev–Trinajstić information content (AvgIpc) is 2.99. The van der Waals surface area contributed by atoms with Gasteiger partial charge in [0.05, 0.1) is 0 Å². The molecule has 0 radical (unpaired) electrons. The molecule has 3 aromatic carbocycles. The van der Waals surface area contributed by atoms with E-state index in [9.17, 15) is 14.4 Å². The predicted molar refractivity (Wildman–Crippen MR) is 181 cm³/mol. The molecule has 1 heterocycles. The highest BCUT2D eigenvalue weighted by Crippen LogP contribution is 2.54.